The first-order valence-electron chi connectivity index (χ1n) is 5.90. The topological polar surface area (TPSA) is 55.2 Å². The van der Waals surface area contributed by atoms with Gasteiger partial charge in [0, 0.05) is 24.4 Å². The van der Waals surface area contributed by atoms with E-state index < -0.39 is 10.7 Å². The van der Waals surface area contributed by atoms with Crippen LogP contribution in [-0.4, -0.2) is 4.92 Å². The lowest BCUT2D eigenvalue weighted by Crippen LogP contribution is -2.02. The van der Waals surface area contributed by atoms with Crippen molar-refractivity contribution in [1.29, 1.82) is 0 Å². The lowest BCUT2D eigenvalue weighted by atomic mass is 10.1. The lowest BCUT2D eigenvalue weighted by Gasteiger charge is -2.10. The molecule has 2 rings (SSSR count). The van der Waals surface area contributed by atoms with Gasteiger partial charge in [0.1, 0.15) is 5.82 Å². The first kappa shape index (κ1) is 14.3. The van der Waals surface area contributed by atoms with Gasteiger partial charge >= 0.3 is 0 Å². The van der Waals surface area contributed by atoms with Crippen LogP contribution in [0.15, 0.2) is 36.4 Å². The van der Waals surface area contributed by atoms with E-state index in [4.69, 9.17) is 11.6 Å². The van der Waals surface area contributed by atoms with Crippen LogP contribution in [0.25, 0.3) is 0 Å². The molecule has 0 amide bonds. The van der Waals surface area contributed by atoms with E-state index in [-0.39, 0.29) is 10.7 Å². The molecule has 104 valence electrons. The van der Waals surface area contributed by atoms with Crippen molar-refractivity contribution in [3.8, 4) is 0 Å². The van der Waals surface area contributed by atoms with E-state index in [0.29, 0.717) is 6.54 Å². The average molecular weight is 295 g/mol. The number of hydrogen-bond donors (Lipinski definition) is 1. The molecule has 4 nitrogen and oxygen atoms in total. The fourth-order valence-electron chi connectivity index (χ4n) is 1.81. The van der Waals surface area contributed by atoms with Crippen molar-refractivity contribution in [3.63, 3.8) is 0 Å². The molecule has 0 aliphatic heterocycles. The van der Waals surface area contributed by atoms with Gasteiger partial charge in [0.05, 0.1) is 9.95 Å². The number of nitro benzene ring substituents is 1. The standard InChI is InChI=1S/C14H12ClFN2O2/c1-9-6-11(18(19)20)3-5-14(9)17-8-10-2-4-13(16)12(15)7-10/h2-7,17H,8H2,1H3. The molecule has 0 aromatic heterocycles. The predicted molar refractivity (Wildman–Crippen MR) is 76.6 cm³/mol. The number of benzene rings is 2. The Morgan fingerprint density at radius 1 is 1.30 bits per heavy atom. The van der Waals surface area contributed by atoms with Crippen LogP contribution in [0.2, 0.25) is 5.02 Å². The summed E-state index contributed by atoms with van der Waals surface area (Å²) in [7, 11) is 0. The van der Waals surface area contributed by atoms with Crippen LogP contribution in [0, 0.1) is 22.9 Å². The lowest BCUT2D eigenvalue weighted by molar-refractivity contribution is -0.384. The molecule has 20 heavy (non-hydrogen) atoms. The Morgan fingerprint density at radius 2 is 2.05 bits per heavy atom. The minimum Gasteiger partial charge on any atom is -0.381 e. The van der Waals surface area contributed by atoms with Gasteiger partial charge in [-0.25, -0.2) is 4.39 Å². The summed E-state index contributed by atoms with van der Waals surface area (Å²) < 4.78 is 13.0. The van der Waals surface area contributed by atoms with Gasteiger partial charge in [-0.3, -0.25) is 10.1 Å². The van der Waals surface area contributed by atoms with Crippen LogP contribution < -0.4 is 5.32 Å². The van der Waals surface area contributed by atoms with Gasteiger partial charge in [0.2, 0.25) is 0 Å². The minimum absolute atomic E-state index is 0.0536. The van der Waals surface area contributed by atoms with E-state index in [1.807, 2.05) is 0 Å². The van der Waals surface area contributed by atoms with Gasteiger partial charge in [-0.05, 0) is 36.2 Å². The van der Waals surface area contributed by atoms with Crippen molar-refractivity contribution in [1.82, 2.24) is 0 Å². The van der Waals surface area contributed by atoms with E-state index in [0.717, 1.165) is 16.8 Å². The van der Waals surface area contributed by atoms with Gasteiger partial charge in [0.25, 0.3) is 5.69 Å². The highest BCUT2D eigenvalue weighted by molar-refractivity contribution is 6.30. The summed E-state index contributed by atoms with van der Waals surface area (Å²) in [6, 6.07) is 9.08. The zero-order valence-corrected chi connectivity index (χ0v) is 11.4. The highest BCUT2D eigenvalue weighted by atomic mass is 35.5. The molecule has 0 radical (unpaired) electrons. The Labute approximate surface area is 120 Å². The maximum atomic E-state index is 13.0. The fraction of sp³-hybridized carbons (Fsp3) is 0.143. The molecule has 0 atom stereocenters. The SMILES string of the molecule is Cc1cc([N+](=O)[O-])ccc1NCc1ccc(F)c(Cl)c1. The van der Waals surface area contributed by atoms with E-state index >= 15 is 0 Å². The number of nitrogens with one attached hydrogen (secondary N) is 1. The molecule has 6 heteroatoms. The minimum atomic E-state index is -0.457. The third kappa shape index (κ3) is 3.24. The quantitative estimate of drug-likeness (QED) is 0.675. The Balaban J connectivity index is 2.10. The third-order valence-corrected chi connectivity index (χ3v) is 3.18. The van der Waals surface area contributed by atoms with Crippen molar-refractivity contribution >= 4 is 23.0 Å². The van der Waals surface area contributed by atoms with E-state index in [9.17, 15) is 14.5 Å². The maximum absolute atomic E-state index is 13.0. The summed E-state index contributed by atoms with van der Waals surface area (Å²) >= 11 is 5.70. The zero-order valence-electron chi connectivity index (χ0n) is 10.7. The van der Waals surface area contributed by atoms with Crippen molar-refractivity contribution in [2.75, 3.05) is 5.32 Å². The van der Waals surface area contributed by atoms with Crippen molar-refractivity contribution in [3.05, 3.63) is 68.5 Å². The highest BCUT2D eigenvalue weighted by Gasteiger charge is 2.08. The molecular formula is C14H12ClFN2O2. The number of nitrogens with zero attached hydrogens (tertiary/aromatic N) is 1. The smallest absolute Gasteiger partial charge is 0.269 e. The molecule has 0 fully saturated rings. The Morgan fingerprint density at radius 3 is 2.65 bits per heavy atom. The zero-order chi connectivity index (χ0) is 14.7. The summed E-state index contributed by atoms with van der Waals surface area (Å²) in [5.41, 5.74) is 2.44. The largest absolute Gasteiger partial charge is 0.381 e. The number of non-ortho nitro benzene ring substituents is 1. The van der Waals surface area contributed by atoms with Gasteiger partial charge in [0.15, 0.2) is 0 Å². The second-order valence-corrected chi connectivity index (χ2v) is 4.77. The third-order valence-electron chi connectivity index (χ3n) is 2.89. The number of hydrogen-bond acceptors (Lipinski definition) is 3. The fourth-order valence-corrected chi connectivity index (χ4v) is 2.01. The molecular weight excluding hydrogens is 283 g/mol. The van der Waals surface area contributed by atoms with Crippen LogP contribution in [0.4, 0.5) is 15.8 Å². The second-order valence-electron chi connectivity index (χ2n) is 4.36. The molecule has 1 N–H and O–H groups in total. The number of halogens is 2. The molecule has 0 bridgehead atoms. The van der Waals surface area contributed by atoms with Crippen LogP contribution in [-0.2, 0) is 6.54 Å². The van der Waals surface area contributed by atoms with Crippen LogP contribution in [0.3, 0.4) is 0 Å². The Bertz CT molecular complexity index is 662. The molecule has 0 saturated carbocycles. The molecule has 2 aromatic rings. The number of rotatable bonds is 4. The molecule has 2 aromatic carbocycles. The highest BCUT2D eigenvalue weighted by Crippen LogP contribution is 2.22. The van der Waals surface area contributed by atoms with Crippen molar-refractivity contribution < 1.29 is 9.31 Å². The van der Waals surface area contributed by atoms with E-state index in [2.05, 4.69) is 5.32 Å². The molecule has 0 saturated heterocycles. The first-order chi connectivity index (χ1) is 9.47. The Kier molecular flexibility index (Phi) is 4.20. The van der Waals surface area contributed by atoms with Crippen LogP contribution in [0.1, 0.15) is 11.1 Å². The predicted octanol–water partition coefficient (Wildman–Crippen LogP) is 4.31. The van der Waals surface area contributed by atoms with Crippen molar-refractivity contribution in [2.24, 2.45) is 0 Å². The van der Waals surface area contributed by atoms with E-state index in [1.165, 1.54) is 18.2 Å². The normalized spacial score (nSPS) is 10.3. The average Bonchev–Trinajstić information content (AvgIpc) is 2.41. The Hall–Kier alpha value is -2.14. The van der Waals surface area contributed by atoms with E-state index in [1.54, 1.807) is 25.1 Å². The summed E-state index contributed by atoms with van der Waals surface area (Å²) in [4.78, 5) is 10.2. The van der Waals surface area contributed by atoms with Gasteiger partial charge in [-0.15, -0.1) is 0 Å². The molecule has 0 aliphatic carbocycles. The van der Waals surface area contributed by atoms with Crippen LogP contribution >= 0.6 is 11.6 Å². The second kappa shape index (κ2) is 5.88. The summed E-state index contributed by atoms with van der Waals surface area (Å²) in [6.45, 7) is 2.24. The first-order valence-corrected chi connectivity index (χ1v) is 6.28. The number of aryl methyl sites for hydroxylation is 1. The molecule has 0 unspecified atom stereocenters. The molecule has 0 aliphatic rings. The summed E-state index contributed by atoms with van der Waals surface area (Å²) in [5, 5.41) is 13.9. The molecule has 0 heterocycles. The number of nitro groups is 1. The summed E-state index contributed by atoms with van der Waals surface area (Å²) in [6.07, 6.45) is 0. The molecule has 0 spiro atoms. The maximum Gasteiger partial charge on any atom is 0.269 e. The van der Waals surface area contributed by atoms with Gasteiger partial charge in [-0.2, -0.15) is 0 Å². The van der Waals surface area contributed by atoms with Gasteiger partial charge in [-0.1, -0.05) is 17.7 Å². The van der Waals surface area contributed by atoms with Crippen LogP contribution in [0.5, 0.6) is 0 Å². The summed E-state index contributed by atoms with van der Waals surface area (Å²) in [5.74, 6) is -0.457. The number of anilines is 1. The van der Waals surface area contributed by atoms with Crippen molar-refractivity contribution in [2.45, 2.75) is 13.5 Å². The van der Waals surface area contributed by atoms with Gasteiger partial charge < -0.3 is 5.32 Å². The monoisotopic (exact) mass is 294 g/mol.